The summed E-state index contributed by atoms with van der Waals surface area (Å²) in [6, 6.07) is 10.8. The summed E-state index contributed by atoms with van der Waals surface area (Å²) in [5.41, 5.74) is 2.52. The van der Waals surface area contributed by atoms with Gasteiger partial charge < -0.3 is 14.4 Å². The molecule has 0 amide bonds. The highest BCUT2D eigenvalue weighted by Crippen LogP contribution is 2.28. The van der Waals surface area contributed by atoms with Gasteiger partial charge in [-0.15, -0.1) is 0 Å². The zero-order valence-corrected chi connectivity index (χ0v) is 15.3. The monoisotopic (exact) mass is 400 g/mol. The largest absolute Gasteiger partial charge is 0.507 e. The van der Waals surface area contributed by atoms with Crippen molar-refractivity contribution in [3.05, 3.63) is 62.9 Å². The van der Waals surface area contributed by atoms with Crippen molar-refractivity contribution in [2.75, 3.05) is 13.1 Å². The third-order valence-corrected chi connectivity index (χ3v) is 5.44. The molecule has 1 saturated heterocycles. The lowest BCUT2D eigenvalue weighted by Crippen LogP contribution is -3.08. The second kappa shape index (κ2) is 6.65. The summed E-state index contributed by atoms with van der Waals surface area (Å²) in [7, 11) is 0. The van der Waals surface area contributed by atoms with E-state index in [1.165, 1.54) is 24.0 Å². The van der Waals surface area contributed by atoms with Crippen molar-refractivity contribution < 1.29 is 14.4 Å². The van der Waals surface area contributed by atoms with Crippen LogP contribution in [0.3, 0.4) is 0 Å². The smallest absolute Gasteiger partial charge is 0.200 e. The molecule has 1 aliphatic heterocycles. The Morgan fingerprint density at radius 1 is 1.08 bits per heavy atom. The van der Waals surface area contributed by atoms with Crippen LogP contribution in [0.1, 0.15) is 18.4 Å². The molecular formula is C20H19BrNO3+. The fraction of sp³-hybridized carbons (Fsp3) is 0.250. The Bertz CT molecular complexity index is 973. The summed E-state index contributed by atoms with van der Waals surface area (Å²) in [5.74, 6) is 0.200. The molecule has 0 radical (unpaired) electrons. The predicted octanol–water partition coefficient (Wildman–Crippen LogP) is 3.11. The van der Waals surface area contributed by atoms with Gasteiger partial charge in [0.15, 0.2) is 0 Å². The highest BCUT2D eigenvalue weighted by molar-refractivity contribution is 9.10. The molecule has 0 unspecified atom stereocenters. The maximum absolute atomic E-state index is 13.0. The van der Waals surface area contributed by atoms with Crippen LogP contribution in [0.25, 0.3) is 22.1 Å². The summed E-state index contributed by atoms with van der Waals surface area (Å²) in [6.45, 7) is 2.87. The number of fused-ring (bicyclic) bond motifs is 1. The first-order valence-corrected chi connectivity index (χ1v) is 9.28. The van der Waals surface area contributed by atoms with Crippen LogP contribution in [-0.4, -0.2) is 18.2 Å². The summed E-state index contributed by atoms with van der Waals surface area (Å²) >= 11 is 3.40. The van der Waals surface area contributed by atoms with E-state index in [9.17, 15) is 9.90 Å². The van der Waals surface area contributed by atoms with Gasteiger partial charge in [-0.05, 0) is 29.8 Å². The van der Waals surface area contributed by atoms with E-state index in [-0.39, 0.29) is 11.2 Å². The fourth-order valence-corrected chi connectivity index (χ4v) is 3.81. The maximum Gasteiger partial charge on any atom is 0.200 e. The summed E-state index contributed by atoms with van der Waals surface area (Å²) in [4.78, 5) is 14.4. The zero-order valence-electron chi connectivity index (χ0n) is 13.7. The standard InChI is InChI=1S/C20H18BrNO3/c21-14-5-3-13(4-6-14)17-12-25-20-15(19(17)24)7-8-18(23)16(20)11-22-9-1-2-10-22/h3-8,12,23H,1-2,9-11H2/p+1. The lowest BCUT2D eigenvalue weighted by Gasteiger charge is -2.14. The Kier molecular flexibility index (Phi) is 4.36. The number of phenols is 1. The number of quaternary nitrogens is 1. The molecular weight excluding hydrogens is 382 g/mol. The third kappa shape index (κ3) is 3.10. The van der Waals surface area contributed by atoms with E-state index < -0.39 is 0 Å². The van der Waals surface area contributed by atoms with Crippen molar-refractivity contribution in [3.63, 3.8) is 0 Å². The van der Waals surface area contributed by atoms with Gasteiger partial charge in [0.25, 0.3) is 0 Å². The highest BCUT2D eigenvalue weighted by atomic mass is 79.9. The molecule has 0 bridgehead atoms. The molecule has 2 heterocycles. The molecule has 2 N–H and O–H groups in total. The topological polar surface area (TPSA) is 54.9 Å². The molecule has 128 valence electrons. The summed E-state index contributed by atoms with van der Waals surface area (Å²) in [6.07, 6.45) is 3.92. The van der Waals surface area contributed by atoms with Gasteiger partial charge in [-0.25, -0.2) is 0 Å². The fourth-order valence-electron chi connectivity index (χ4n) is 3.55. The molecule has 1 fully saturated rings. The number of halogens is 1. The van der Waals surface area contributed by atoms with Gasteiger partial charge >= 0.3 is 0 Å². The second-order valence-electron chi connectivity index (χ2n) is 6.56. The highest BCUT2D eigenvalue weighted by Gasteiger charge is 2.21. The minimum absolute atomic E-state index is 0.0683. The van der Waals surface area contributed by atoms with Gasteiger partial charge in [-0.3, -0.25) is 4.79 Å². The zero-order chi connectivity index (χ0) is 17.4. The molecule has 4 rings (SSSR count). The molecule has 0 aliphatic carbocycles. The molecule has 0 saturated carbocycles. The van der Waals surface area contributed by atoms with E-state index in [4.69, 9.17) is 4.42 Å². The molecule has 0 atom stereocenters. The summed E-state index contributed by atoms with van der Waals surface area (Å²) in [5, 5.41) is 10.8. The molecule has 1 aromatic heterocycles. The number of likely N-dealkylation sites (tertiary alicyclic amines) is 1. The van der Waals surface area contributed by atoms with Crippen molar-refractivity contribution in [2.45, 2.75) is 19.4 Å². The maximum atomic E-state index is 13.0. The first kappa shape index (κ1) is 16.4. The van der Waals surface area contributed by atoms with E-state index in [1.807, 2.05) is 24.3 Å². The summed E-state index contributed by atoms with van der Waals surface area (Å²) < 4.78 is 6.81. The van der Waals surface area contributed by atoms with Crippen molar-refractivity contribution in [2.24, 2.45) is 0 Å². The van der Waals surface area contributed by atoms with Crippen LogP contribution in [0.5, 0.6) is 5.75 Å². The van der Waals surface area contributed by atoms with E-state index in [0.717, 1.165) is 28.7 Å². The van der Waals surface area contributed by atoms with Gasteiger partial charge in [-0.2, -0.15) is 0 Å². The van der Waals surface area contributed by atoms with Crippen molar-refractivity contribution in [1.82, 2.24) is 0 Å². The minimum Gasteiger partial charge on any atom is -0.507 e. The first-order chi connectivity index (χ1) is 12.1. The van der Waals surface area contributed by atoms with Gasteiger partial charge in [0.2, 0.25) is 5.43 Å². The number of benzene rings is 2. The van der Waals surface area contributed by atoms with Crippen LogP contribution in [0.2, 0.25) is 0 Å². The van der Waals surface area contributed by atoms with Crippen LogP contribution >= 0.6 is 15.9 Å². The Morgan fingerprint density at radius 3 is 2.52 bits per heavy atom. The van der Waals surface area contributed by atoms with Crippen molar-refractivity contribution >= 4 is 26.9 Å². The van der Waals surface area contributed by atoms with Crippen molar-refractivity contribution in [3.8, 4) is 16.9 Å². The molecule has 2 aromatic carbocycles. The molecule has 0 spiro atoms. The van der Waals surface area contributed by atoms with Crippen LogP contribution < -0.4 is 10.3 Å². The predicted molar refractivity (Wildman–Crippen MR) is 101 cm³/mol. The lowest BCUT2D eigenvalue weighted by atomic mass is 10.0. The van der Waals surface area contributed by atoms with Crippen LogP contribution in [0.15, 0.2) is 56.3 Å². The minimum atomic E-state index is -0.0683. The number of nitrogens with one attached hydrogen (secondary N) is 1. The number of hydrogen-bond acceptors (Lipinski definition) is 3. The van der Waals surface area contributed by atoms with E-state index in [0.29, 0.717) is 23.1 Å². The Hall–Kier alpha value is -2.11. The van der Waals surface area contributed by atoms with Crippen LogP contribution in [0, 0.1) is 0 Å². The lowest BCUT2D eigenvalue weighted by molar-refractivity contribution is -0.901. The van der Waals surface area contributed by atoms with Gasteiger partial charge in [-0.1, -0.05) is 28.1 Å². The number of rotatable bonds is 3. The van der Waals surface area contributed by atoms with E-state index >= 15 is 0 Å². The van der Waals surface area contributed by atoms with E-state index in [1.54, 1.807) is 12.1 Å². The van der Waals surface area contributed by atoms with Crippen LogP contribution in [0.4, 0.5) is 0 Å². The number of hydrogen-bond donors (Lipinski definition) is 2. The Morgan fingerprint density at radius 2 is 1.80 bits per heavy atom. The quantitative estimate of drug-likeness (QED) is 0.709. The second-order valence-corrected chi connectivity index (χ2v) is 7.47. The first-order valence-electron chi connectivity index (χ1n) is 8.49. The number of aromatic hydroxyl groups is 1. The molecule has 1 aliphatic rings. The van der Waals surface area contributed by atoms with Gasteiger partial charge in [0.1, 0.15) is 24.1 Å². The van der Waals surface area contributed by atoms with Gasteiger partial charge in [0, 0.05) is 17.3 Å². The van der Waals surface area contributed by atoms with Crippen LogP contribution in [-0.2, 0) is 6.54 Å². The Labute approximate surface area is 153 Å². The normalized spacial score (nSPS) is 15.1. The molecule has 4 nitrogen and oxygen atoms in total. The van der Waals surface area contributed by atoms with E-state index in [2.05, 4.69) is 15.9 Å². The third-order valence-electron chi connectivity index (χ3n) is 4.91. The molecule has 5 heteroatoms. The Balaban J connectivity index is 1.83. The average Bonchev–Trinajstić information content (AvgIpc) is 3.12. The molecule has 25 heavy (non-hydrogen) atoms. The molecule has 3 aromatic rings. The average molecular weight is 401 g/mol. The van der Waals surface area contributed by atoms with Crippen molar-refractivity contribution in [1.29, 1.82) is 0 Å². The number of phenolic OH excluding ortho intramolecular Hbond substituents is 1. The van der Waals surface area contributed by atoms with Gasteiger partial charge in [0.05, 0.1) is 29.6 Å². The SMILES string of the molecule is O=c1c(-c2ccc(Br)cc2)coc2c(C[NH+]3CCCC3)c(O)ccc12.